The quantitative estimate of drug-likeness (QED) is 0.771. The molecule has 2 aliphatic rings. The lowest BCUT2D eigenvalue weighted by atomic mass is 10.1. The van der Waals surface area contributed by atoms with Crippen molar-refractivity contribution in [3.05, 3.63) is 58.8 Å². The molecule has 8 nitrogen and oxygen atoms in total. The highest BCUT2D eigenvalue weighted by Crippen LogP contribution is 2.27. The lowest BCUT2D eigenvalue weighted by molar-refractivity contribution is -0.119. The third-order valence-electron chi connectivity index (χ3n) is 5.96. The summed E-state index contributed by atoms with van der Waals surface area (Å²) in [6.07, 6.45) is -0.424. The smallest absolute Gasteiger partial charge is 0.414 e. The molecular formula is C24H28N4O4. The van der Waals surface area contributed by atoms with Crippen molar-refractivity contribution >= 4 is 23.4 Å². The fourth-order valence-electron chi connectivity index (χ4n) is 4.06. The predicted octanol–water partition coefficient (Wildman–Crippen LogP) is 1.93. The van der Waals surface area contributed by atoms with Crippen molar-refractivity contribution in [3.8, 4) is 11.1 Å². The molecule has 1 atom stereocenters. The number of amides is 2. The summed E-state index contributed by atoms with van der Waals surface area (Å²) in [5, 5.41) is 2.74. The van der Waals surface area contributed by atoms with E-state index < -0.39 is 6.09 Å². The number of ether oxygens (including phenoxy) is 1. The molecule has 2 amide bonds. The first-order valence-electron chi connectivity index (χ1n) is 10.8. The Morgan fingerprint density at radius 2 is 1.59 bits per heavy atom. The van der Waals surface area contributed by atoms with E-state index in [0.717, 1.165) is 43.0 Å². The van der Waals surface area contributed by atoms with E-state index in [4.69, 9.17) is 4.74 Å². The minimum atomic E-state index is -0.424. The summed E-state index contributed by atoms with van der Waals surface area (Å²) >= 11 is 0. The van der Waals surface area contributed by atoms with Gasteiger partial charge in [0.25, 0.3) is 0 Å². The Labute approximate surface area is 187 Å². The first-order chi connectivity index (χ1) is 15.4. The van der Waals surface area contributed by atoms with Crippen LogP contribution in [0.4, 0.5) is 16.2 Å². The molecule has 2 aromatic rings. The fraction of sp³-hybridized carbons (Fsp3) is 0.375. The largest absolute Gasteiger partial charge is 0.447 e. The molecule has 0 aromatic heterocycles. The molecule has 2 aromatic carbocycles. The Balaban J connectivity index is 1.53. The van der Waals surface area contributed by atoms with Crippen molar-refractivity contribution in [2.24, 2.45) is 0 Å². The summed E-state index contributed by atoms with van der Waals surface area (Å²) in [5.41, 5.74) is 3.31. The van der Waals surface area contributed by atoms with Crippen molar-refractivity contribution in [3.63, 3.8) is 0 Å². The second-order valence-electron chi connectivity index (χ2n) is 8.25. The molecule has 0 aliphatic carbocycles. The predicted molar refractivity (Wildman–Crippen MR) is 124 cm³/mol. The molecule has 4 rings (SSSR count). The van der Waals surface area contributed by atoms with Gasteiger partial charge in [-0.05, 0) is 42.4 Å². The molecule has 168 valence electrons. The lowest BCUT2D eigenvalue weighted by Gasteiger charge is -2.33. The monoisotopic (exact) mass is 436 g/mol. The van der Waals surface area contributed by atoms with Gasteiger partial charge in [0, 0.05) is 45.3 Å². The number of hydrogen-bond acceptors (Lipinski definition) is 6. The van der Waals surface area contributed by atoms with Crippen molar-refractivity contribution in [2.45, 2.75) is 13.0 Å². The third kappa shape index (κ3) is 4.75. The van der Waals surface area contributed by atoms with Gasteiger partial charge in [0.1, 0.15) is 6.61 Å². The number of hydrogen-bond donors (Lipinski definition) is 1. The molecule has 2 fully saturated rings. The van der Waals surface area contributed by atoms with Gasteiger partial charge in [0.15, 0.2) is 0 Å². The van der Waals surface area contributed by atoms with Crippen LogP contribution in [0, 0.1) is 0 Å². The van der Waals surface area contributed by atoms with Crippen LogP contribution in [0.25, 0.3) is 11.1 Å². The molecule has 0 spiro atoms. The van der Waals surface area contributed by atoms with Gasteiger partial charge in [0.2, 0.25) is 11.3 Å². The number of nitrogens with zero attached hydrogens (tertiary/aromatic N) is 3. The Bertz CT molecular complexity index is 1050. The maximum Gasteiger partial charge on any atom is 0.414 e. The van der Waals surface area contributed by atoms with E-state index >= 15 is 0 Å². The van der Waals surface area contributed by atoms with Gasteiger partial charge in [0.05, 0.1) is 11.7 Å². The van der Waals surface area contributed by atoms with E-state index in [0.29, 0.717) is 12.2 Å². The highest BCUT2D eigenvalue weighted by Gasteiger charge is 2.34. The van der Waals surface area contributed by atoms with Crippen LogP contribution >= 0.6 is 0 Å². The Morgan fingerprint density at radius 3 is 2.25 bits per heavy atom. The van der Waals surface area contributed by atoms with Crippen molar-refractivity contribution < 1.29 is 14.3 Å². The molecule has 0 saturated carbocycles. The number of nitrogens with one attached hydrogen (secondary N) is 1. The highest BCUT2D eigenvalue weighted by atomic mass is 16.6. The number of benzene rings is 1. The van der Waals surface area contributed by atoms with Crippen LogP contribution in [0.3, 0.4) is 0 Å². The van der Waals surface area contributed by atoms with E-state index in [1.165, 1.54) is 6.92 Å². The van der Waals surface area contributed by atoms with Crippen LogP contribution in [0.15, 0.2) is 53.3 Å². The Hall–Kier alpha value is -3.39. The minimum Gasteiger partial charge on any atom is -0.447 e. The highest BCUT2D eigenvalue weighted by molar-refractivity contribution is 5.91. The zero-order valence-electron chi connectivity index (χ0n) is 18.4. The molecular weight excluding hydrogens is 408 g/mol. The maximum atomic E-state index is 12.7. The maximum absolute atomic E-state index is 12.7. The van der Waals surface area contributed by atoms with E-state index in [-0.39, 0.29) is 24.0 Å². The Kier molecular flexibility index (Phi) is 6.41. The van der Waals surface area contributed by atoms with Gasteiger partial charge >= 0.3 is 6.09 Å². The average molecular weight is 437 g/mol. The minimum absolute atomic E-state index is 0.0121. The first-order valence-corrected chi connectivity index (χ1v) is 10.8. The molecule has 0 radical (unpaired) electrons. The third-order valence-corrected chi connectivity index (χ3v) is 5.96. The standard InChI is InChI=1S/C24H28N4O4/c1-17(29)25-15-21-16-32-24(31)28(21)20-7-3-18(4-8-20)19-5-9-22(23(30)10-6-19)27-13-11-26(2)12-14-27/h3-10,21H,11-16H2,1-2H3,(H,25,29). The van der Waals surface area contributed by atoms with Crippen LogP contribution in [-0.4, -0.2) is 69.3 Å². The van der Waals surface area contributed by atoms with E-state index in [1.807, 2.05) is 42.5 Å². The number of carbonyl (C=O) groups excluding carboxylic acids is 2. The van der Waals surface area contributed by atoms with Gasteiger partial charge in [-0.2, -0.15) is 0 Å². The summed E-state index contributed by atoms with van der Waals surface area (Å²) in [7, 11) is 2.09. The molecule has 32 heavy (non-hydrogen) atoms. The molecule has 2 heterocycles. The SMILES string of the molecule is CC(=O)NCC1COC(=O)N1c1ccc(-c2ccc(N3CCN(C)CC3)c(=O)cc2)cc1. The average Bonchev–Trinajstić information content (AvgIpc) is 3.04. The van der Waals surface area contributed by atoms with Gasteiger partial charge in [-0.3, -0.25) is 14.5 Å². The fourth-order valence-corrected chi connectivity index (χ4v) is 4.06. The summed E-state index contributed by atoms with van der Waals surface area (Å²) in [5.74, 6) is -0.148. The van der Waals surface area contributed by atoms with Crippen LogP contribution in [-0.2, 0) is 9.53 Å². The second-order valence-corrected chi connectivity index (χ2v) is 8.25. The molecule has 1 unspecified atom stereocenters. The normalized spacial score (nSPS) is 19.1. The molecule has 8 heteroatoms. The van der Waals surface area contributed by atoms with Gasteiger partial charge in [-0.15, -0.1) is 0 Å². The van der Waals surface area contributed by atoms with Crippen molar-refractivity contribution in [1.82, 2.24) is 10.2 Å². The summed E-state index contributed by atoms with van der Waals surface area (Å²) in [6, 6.07) is 14.6. The summed E-state index contributed by atoms with van der Waals surface area (Å²) in [6.45, 7) is 5.56. The van der Waals surface area contributed by atoms with Gasteiger partial charge in [-0.1, -0.05) is 24.3 Å². The zero-order chi connectivity index (χ0) is 22.7. The number of piperazine rings is 1. The van der Waals surface area contributed by atoms with E-state index in [2.05, 4.69) is 22.2 Å². The molecule has 2 saturated heterocycles. The number of likely N-dealkylation sites (N-methyl/N-ethyl adjacent to an activating group) is 1. The number of rotatable bonds is 5. The molecule has 1 N–H and O–H groups in total. The second kappa shape index (κ2) is 9.40. The van der Waals surface area contributed by atoms with E-state index in [1.54, 1.807) is 11.0 Å². The van der Waals surface area contributed by atoms with Gasteiger partial charge < -0.3 is 19.9 Å². The zero-order valence-corrected chi connectivity index (χ0v) is 18.4. The number of anilines is 2. The Morgan fingerprint density at radius 1 is 0.969 bits per heavy atom. The van der Waals surface area contributed by atoms with Crippen LogP contribution < -0.4 is 20.5 Å². The van der Waals surface area contributed by atoms with Crippen LogP contribution in [0.2, 0.25) is 0 Å². The lowest BCUT2D eigenvalue weighted by Crippen LogP contribution is -2.45. The van der Waals surface area contributed by atoms with Crippen LogP contribution in [0.5, 0.6) is 0 Å². The van der Waals surface area contributed by atoms with Crippen molar-refractivity contribution in [1.29, 1.82) is 0 Å². The number of cyclic esters (lactones) is 1. The summed E-state index contributed by atoms with van der Waals surface area (Å²) < 4.78 is 5.18. The van der Waals surface area contributed by atoms with E-state index in [9.17, 15) is 14.4 Å². The van der Waals surface area contributed by atoms with Gasteiger partial charge in [-0.25, -0.2) is 4.79 Å². The number of carbonyl (C=O) groups is 2. The molecule has 0 bridgehead atoms. The van der Waals surface area contributed by atoms with Crippen LogP contribution in [0.1, 0.15) is 6.92 Å². The topological polar surface area (TPSA) is 82.2 Å². The summed E-state index contributed by atoms with van der Waals surface area (Å²) in [4.78, 5) is 42.1. The molecule has 2 aliphatic heterocycles. The first kappa shape index (κ1) is 21.8. The van der Waals surface area contributed by atoms with Crippen molar-refractivity contribution in [2.75, 3.05) is 56.2 Å².